The van der Waals surface area contributed by atoms with Gasteiger partial charge in [0.1, 0.15) is 0 Å². The monoisotopic (exact) mass is 372 g/mol. The minimum absolute atomic E-state index is 0.145. The summed E-state index contributed by atoms with van der Waals surface area (Å²) in [5, 5.41) is 0. The summed E-state index contributed by atoms with van der Waals surface area (Å²) in [6.45, 7) is 4.68. The van der Waals surface area contributed by atoms with E-state index >= 15 is 0 Å². The predicted molar refractivity (Wildman–Crippen MR) is 106 cm³/mol. The maximum Gasteiger partial charge on any atom is 0.409 e. The fourth-order valence-corrected chi connectivity index (χ4v) is 4.19. The quantitative estimate of drug-likeness (QED) is 0.804. The van der Waals surface area contributed by atoms with Crippen LogP contribution in [0.1, 0.15) is 62.5 Å². The van der Waals surface area contributed by atoms with Crippen LogP contribution in [-0.4, -0.2) is 54.6 Å². The number of rotatable bonds is 4. The van der Waals surface area contributed by atoms with Crippen molar-refractivity contribution in [1.29, 1.82) is 0 Å². The second-order valence-corrected chi connectivity index (χ2v) is 7.67. The smallest absolute Gasteiger partial charge is 0.409 e. The first-order valence-corrected chi connectivity index (χ1v) is 10.5. The van der Waals surface area contributed by atoms with Gasteiger partial charge in [-0.25, -0.2) is 4.79 Å². The van der Waals surface area contributed by atoms with Crippen molar-refractivity contribution < 1.29 is 14.3 Å². The van der Waals surface area contributed by atoms with Gasteiger partial charge >= 0.3 is 6.09 Å². The Hall–Kier alpha value is -2.04. The van der Waals surface area contributed by atoms with E-state index in [1.54, 1.807) is 4.90 Å². The normalized spacial score (nSPS) is 18.9. The van der Waals surface area contributed by atoms with Gasteiger partial charge in [-0.1, -0.05) is 43.5 Å². The van der Waals surface area contributed by atoms with Gasteiger partial charge in [0, 0.05) is 26.2 Å². The Labute approximate surface area is 162 Å². The zero-order chi connectivity index (χ0) is 19.1. The van der Waals surface area contributed by atoms with Crippen LogP contribution in [0.3, 0.4) is 0 Å². The van der Waals surface area contributed by atoms with Gasteiger partial charge in [-0.2, -0.15) is 0 Å². The summed E-state index contributed by atoms with van der Waals surface area (Å²) in [7, 11) is 0. The van der Waals surface area contributed by atoms with Crippen LogP contribution in [0.15, 0.2) is 24.3 Å². The van der Waals surface area contributed by atoms with E-state index in [-0.39, 0.29) is 12.0 Å². The summed E-state index contributed by atoms with van der Waals surface area (Å²) in [4.78, 5) is 28.2. The topological polar surface area (TPSA) is 49.9 Å². The van der Waals surface area contributed by atoms with Crippen LogP contribution < -0.4 is 0 Å². The fraction of sp³-hybridized carbons (Fsp3) is 0.636. The molecule has 0 unspecified atom stereocenters. The lowest BCUT2D eigenvalue weighted by molar-refractivity contribution is -0.130. The van der Waals surface area contributed by atoms with Crippen molar-refractivity contribution in [2.45, 2.75) is 57.8 Å². The SMILES string of the molecule is CCOC(=O)N1CCCN(C(=O)Cc2ccc(C3CCCCC3)cc2)CC1. The maximum absolute atomic E-state index is 12.7. The summed E-state index contributed by atoms with van der Waals surface area (Å²) in [5.74, 6) is 0.842. The molecule has 1 saturated carbocycles. The molecule has 2 aliphatic rings. The first-order chi connectivity index (χ1) is 13.2. The van der Waals surface area contributed by atoms with Gasteiger partial charge in [0.25, 0.3) is 0 Å². The average molecular weight is 373 g/mol. The van der Waals surface area contributed by atoms with Crippen LogP contribution in [0.25, 0.3) is 0 Å². The van der Waals surface area contributed by atoms with Crippen molar-refractivity contribution in [1.82, 2.24) is 9.80 Å². The second kappa shape index (κ2) is 9.77. The van der Waals surface area contributed by atoms with E-state index in [1.165, 1.54) is 37.7 Å². The summed E-state index contributed by atoms with van der Waals surface area (Å²) >= 11 is 0. The van der Waals surface area contributed by atoms with Crippen LogP contribution in [-0.2, 0) is 16.0 Å². The van der Waals surface area contributed by atoms with Crippen LogP contribution in [0, 0.1) is 0 Å². The molecule has 2 amide bonds. The lowest BCUT2D eigenvalue weighted by atomic mass is 9.84. The van der Waals surface area contributed by atoms with Gasteiger partial charge in [-0.15, -0.1) is 0 Å². The average Bonchev–Trinajstić information content (AvgIpc) is 2.96. The molecular weight excluding hydrogens is 340 g/mol. The first-order valence-electron chi connectivity index (χ1n) is 10.5. The molecule has 27 heavy (non-hydrogen) atoms. The highest BCUT2D eigenvalue weighted by Gasteiger charge is 2.23. The standard InChI is InChI=1S/C22H32N2O3/c1-2-27-22(26)24-14-6-13-23(15-16-24)21(25)17-18-9-11-20(12-10-18)19-7-4-3-5-8-19/h9-12,19H,2-8,13-17H2,1H3. The molecule has 1 heterocycles. The molecule has 148 valence electrons. The number of nitrogens with zero attached hydrogens (tertiary/aromatic N) is 2. The molecule has 1 saturated heterocycles. The van der Waals surface area contributed by atoms with E-state index < -0.39 is 0 Å². The molecule has 5 heteroatoms. The van der Waals surface area contributed by atoms with Crippen molar-refractivity contribution in [3.8, 4) is 0 Å². The van der Waals surface area contributed by atoms with Crippen LogP contribution in [0.4, 0.5) is 4.79 Å². The van der Waals surface area contributed by atoms with Crippen molar-refractivity contribution in [2.24, 2.45) is 0 Å². The van der Waals surface area contributed by atoms with Gasteiger partial charge in [0.15, 0.2) is 0 Å². The molecule has 0 aromatic heterocycles. The van der Waals surface area contributed by atoms with Crippen LogP contribution >= 0.6 is 0 Å². The zero-order valence-electron chi connectivity index (χ0n) is 16.5. The Bertz CT molecular complexity index is 623. The number of carbonyl (C=O) groups excluding carboxylic acids is 2. The maximum atomic E-state index is 12.7. The molecular formula is C22H32N2O3. The molecule has 0 spiro atoms. The molecule has 5 nitrogen and oxygen atoms in total. The third-order valence-corrected chi connectivity index (χ3v) is 5.79. The Morgan fingerprint density at radius 3 is 2.30 bits per heavy atom. The molecule has 1 aliphatic carbocycles. The summed E-state index contributed by atoms with van der Waals surface area (Å²) in [6.07, 6.45) is 7.59. The highest BCUT2D eigenvalue weighted by molar-refractivity contribution is 5.79. The van der Waals surface area contributed by atoms with Gasteiger partial charge in [0.2, 0.25) is 5.91 Å². The van der Waals surface area contributed by atoms with Crippen molar-refractivity contribution in [3.05, 3.63) is 35.4 Å². The molecule has 2 fully saturated rings. The van der Waals surface area contributed by atoms with E-state index in [1.807, 2.05) is 11.8 Å². The van der Waals surface area contributed by atoms with E-state index in [0.717, 1.165) is 12.0 Å². The molecule has 0 radical (unpaired) electrons. The summed E-state index contributed by atoms with van der Waals surface area (Å²) in [6, 6.07) is 8.65. The van der Waals surface area contributed by atoms with Gasteiger partial charge < -0.3 is 14.5 Å². The second-order valence-electron chi connectivity index (χ2n) is 7.67. The third kappa shape index (κ3) is 5.47. The number of ether oxygens (including phenoxy) is 1. The molecule has 0 atom stereocenters. The van der Waals surface area contributed by atoms with E-state index in [4.69, 9.17) is 4.74 Å². The molecule has 1 aliphatic heterocycles. The van der Waals surface area contributed by atoms with Gasteiger partial charge in [-0.05, 0) is 43.2 Å². The Kier molecular flexibility index (Phi) is 7.13. The number of hydrogen-bond acceptors (Lipinski definition) is 3. The summed E-state index contributed by atoms with van der Waals surface area (Å²) in [5.41, 5.74) is 2.50. The summed E-state index contributed by atoms with van der Waals surface area (Å²) < 4.78 is 5.07. The lowest BCUT2D eigenvalue weighted by Gasteiger charge is -2.23. The number of carbonyl (C=O) groups is 2. The van der Waals surface area contributed by atoms with Gasteiger partial charge in [0.05, 0.1) is 13.0 Å². The number of benzene rings is 1. The van der Waals surface area contributed by atoms with Crippen molar-refractivity contribution >= 4 is 12.0 Å². The fourth-order valence-electron chi connectivity index (χ4n) is 4.19. The van der Waals surface area contributed by atoms with Crippen molar-refractivity contribution in [2.75, 3.05) is 32.8 Å². The zero-order valence-corrected chi connectivity index (χ0v) is 16.5. The van der Waals surface area contributed by atoms with E-state index in [0.29, 0.717) is 45.1 Å². The predicted octanol–water partition coefficient (Wildman–Crippen LogP) is 3.97. The largest absolute Gasteiger partial charge is 0.450 e. The molecule has 0 bridgehead atoms. The highest BCUT2D eigenvalue weighted by atomic mass is 16.6. The van der Waals surface area contributed by atoms with Crippen molar-refractivity contribution in [3.63, 3.8) is 0 Å². The van der Waals surface area contributed by atoms with E-state index in [9.17, 15) is 9.59 Å². The molecule has 0 N–H and O–H groups in total. The molecule has 3 rings (SSSR count). The molecule has 1 aromatic carbocycles. The molecule has 1 aromatic rings. The Morgan fingerprint density at radius 1 is 0.926 bits per heavy atom. The van der Waals surface area contributed by atoms with Crippen LogP contribution in [0.5, 0.6) is 0 Å². The lowest BCUT2D eigenvalue weighted by Crippen LogP contribution is -2.38. The van der Waals surface area contributed by atoms with E-state index in [2.05, 4.69) is 24.3 Å². The third-order valence-electron chi connectivity index (χ3n) is 5.79. The number of amides is 2. The Morgan fingerprint density at radius 2 is 1.59 bits per heavy atom. The van der Waals surface area contributed by atoms with Crippen LogP contribution in [0.2, 0.25) is 0 Å². The first kappa shape index (κ1) is 19.7. The highest BCUT2D eigenvalue weighted by Crippen LogP contribution is 2.32. The van der Waals surface area contributed by atoms with Gasteiger partial charge in [-0.3, -0.25) is 4.79 Å². The Balaban J connectivity index is 1.51. The minimum atomic E-state index is -0.273. The number of hydrogen-bond donors (Lipinski definition) is 0. The minimum Gasteiger partial charge on any atom is -0.450 e.